The monoisotopic (exact) mass is 215 g/mol. The molecular weight excluding hydrogens is 199 g/mol. The molecule has 0 bridgehead atoms. The van der Waals surface area contributed by atoms with Gasteiger partial charge in [-0.3, -0.25) is 0 Å². The molecule has 0 aromatic rings. The van der Waals surface area contributed by atoms with Crippen molar-refractivity contribution in [3.05, 3.63) is 0 Å². The van der Waals surface area contributed by atoms with E-state index in [1.54, 1.807) is 13.8 Å². The fraction of sp³-hybridized carbons (Fsp3) is 1.00. The quantitative estimate of drug-likeness (QED) is 0.720. The van der Waals surface area contributed by atoms with E-state index in [0.29, 0.717) is 6.42 Å². The third-order valence-corrected chi connectivity index (χ3v) is 2.15. The normalized spacial score (nSPS) is 19.1. The van der Waals surface area contributed by atoms with Crippen LogP contribution in [-0.4, -0.2) is 36.1 Å². The van der Waals surface area contributed by atoms with Crippen molar-refractivity contribution in [2.45, 2.75) is 38.1 Å². The molecule has 0 fully saturated rings. The Bertz CT molecular complexity index is 168. The number of ether oxygens (including phenoxy) is 1. The molecule has 0 saturated carbocycles. The molecule has 0 amide bonds. The van der Waals surface area contributed by atoms with Crippen LogP contribution in [0.2, 0.25) is 0 Å². The number of hydrogen-bond donors (Lipinski definition) is 2. The molecule has 0 aliphatic rings. The Morgan fingerprint density at radius 3 is 2.21 bits per heavy atom. The van der Waals surface area contributed by atoms with Gasteiger partial charge in [-0.1, -0.05) is 6.92 Å². The van der Waals surface area contributed by atoms with E-state index in [2.05, 4.69) is 0 Å². The van der Waals surface area contributed by atoms with Crippen LogP contribution in [0, 0.1) is 0 Å². The van der Waals surface area contributed by atoms with Gasteiger partial charge in [0.15, 0.2) is 6.10 Å². The summed E-state index contributed by atoms with van der Waals surface area (Å²) < 4.78 is 40.5. The van der Waals surface area contributed by atoms with Gasteiger partial charge in [0.05, 0.1) is 12.2 Å². The third-order valence-electron chi connectivity index (χ3n) is 2.15. The van der Waals surface area contributed by atoms with Crippen molar-refractivity contribution >= 4 is 0 Å². The van der Waals surface area contributed by atoms with Crippen LogP contribution in [0.25, 0.3) is 0 Å². The molecule has 2 unspecified atom stereocenters. The summed E-state index contributed by atoms with van der Waals surface area (Å²) in [7, 11) is 0. The van der Waals surface area contributed by atoms with Gasteiger partial charge >= 0.3 is 6.18 Å². The van der Waals surface area contributed by atoms with Gasteiger partial charge < -0.3 is 15.6 Å². The van der Waals surface area contributed by atoms with E-state index < -0.39 is 24.5 Å². The molecule has 3 N–H and O–H groups in total. The average molecular weight is 215 g/mol. The first-order valence-electron chi connectivity index (χ1n) is 4.34. The van der Waals surface area contributed by atoms with Gasteiger partial charge in [0.25, 0.3) is 0 Å². The number of hydrogen-bond acceptors (Lipinski definition) is 3. The second kappa shape index (κ2) is 4.95. The number of nitrogens with two attached hydrogens (primary N) is 1. The lowest BCUT2D eigenvalue weighted by atomic mass is 10.0. The fourth-order valence-corrected chi connectivity index (χ4v) is 0.680. The Balaban J connectivity index is 4.05. The molecule has 0 aliphatic carbocycles. The lowest BCUT2D eigenvalue weighted by molar-refractivity contribution is -0.226. The SMILES string of the molecule is CCC(C)(CN)OCC(O)C(F)(F)F. The minimum absolute atomic E-state index is 0.119. The smallest absolute Gasteiger partial charge is 0.382 e. The zero-order valence-electron chi connectivity index (χ0n) is 8.27. The summed E-state index contributed by atoms with van der Waals surface area (Å²) in [6.07, 6.45) is -6.59. The second-order valence-electron chi connectivity index (χ2n) is 3.38. The maximum absolute atomic E-state index is 11.9. The van der Waals surface area contributed by atoms with Crippen molar-refractivity contribution in [3.8, 4) is 0 Å². The van der Waals surface area contributed by atoms with Gasteiger partial charge in [-0.15, -0.1) is 0 Å². The molecule has 3 nitrogen and oxygen atoms in total. The van der Waals surface area contributed by atoms with Gasteiger partial charge in [0, 0.05) is 6.54 Å². The summed E-state index contributed by atoms with van der Waals surface area (Å²) in [6, 6.07) is 0. The fourth-order valence-electron chi connectivity index (χ4n) is 0.680. The number of alkyl halides is 3. The zero-order chi connectivity index (χ0) is 11.4. The highest BCUT2D eigenvalue weighted by Crippen LogP contribution is 2.22. The number of aliphatic hydroxyl groups excluding tert-OH is 1. The number of aliphatic hydroxyl groups is 1. The van der Waals surface area contributed by atoms with Crippen molar-refractivity contribution in [2.75, 3.05) is 13.2 Å². The average Bonchev–Trinajstić information content (AvgIpc) is 2.12. The summed E-state index contributed by atoms with van der Waals surface area (Å²) in [4.78, 5) is 0. The Morgan fingerprint density at radius 1 is 1.43 bits per heavy atom. The largest absolute Gasteiger partial charge is 0.416 e. The first-order chi connectivity index (χ1) is 6.25. The Labute approximate surface area is 81.0 Å². The second-order valence-corrected chi connectivity index (χ2v) is 3.38. The van der Waals surface area contributed by atoms with Gasteiger partial charge in [0.1, 0.15) is 0 Å². The first kappa shape index (κ1) is 13.7. The lowest BCUT2D eigenvalue weighted by Crippen LogP contribution is -2.42. The molecule has 14 heavy (non-hydrogen) atoms. The van der Waals surface area contributed by atoms with Crippen LogP contribution in [0.1, 0.15) is 20.3 Å². The zero-order valence-corrected chi connectivity index (χ0v) is 8.27. The highest BCUT2D eigenvalue weighted by Gasteiger charge is 2.39. The highest BCUT2D eigenvalue weighted by atomic mass is 19.4. The summed E-state index contributed by atoms with van der Waals surface area (Å²) in [5, 5.41) is 8.65. The summed E-state index contributed by atoms with van der Waals surface area (Å²) in [5.41, 5.74) is 4.53. The van der Waals surface area contributed by atoms with Gasteiger partial charge in [-0.2, -0.15) is 13.2 Å². The van der Waals surface area contributed by atoms with E-state index in [0.717, 1.165) is 0 Å². The van der Waals surface area contributed by atoms with Crippen LogP contribution in [0.5, 0.6) is 0 Å². The van der Waals surface area contributed by atoms with Crippen molar-refractivity contribution in [3.63, 3.8) is 0 Å². The van der Waals surface area contributed by atoms with E-state index in [9.17, 15) is 13.2 Å². The van der Waals surface area contributed by atoms with E-state index >= 15 is 0 Å². The van der Waals surface area contributed by atoms with E-state index in [1.165, 1.54) is 0 Å². The molecule has 6 heteroatoms. The van der Waals surface area contributed by atoms with Crippen molar-refractivity contribution < 1.29 is 23.0 Å². The molecule has 0 aromatic carbocycles. The molecule has 0 aliphatic heterocycles. The molecule has 0 spiro atoms. The highest BCUT2D eigenvalue weighted by molar-refractivity contribution is 4.76. The standard InChI is InChI=1S/C8H16F3NO2/c1-3-7(2,5-12)14-4-6(13)8(9,10)11/h6,13H,3-5,12H2,1-2H3. The maximum Gasteiger partial charge on any atom is 0.416 e. The summed E-state index contributed by atoms with van der Waals surface area (Å²) >= 11 is 0. The summed E-state index contributed by atoms with van der Waals surface area (Å²) in [6.45, 7) is 2.71. The molecular formula is C8H16F3NO2. The molecule has 86 valence electrons. The Morgan fingerprint density at radius 2 is 1.93 bits per heavy atom. The third kappa shape index (κ3) is 4.26. The minimum Gasteiger partial charge on any atom is -0.382 e. The van der Waals surface area contributed by atoms with Gasteiger partial charge in [0.2, 0.25) is 0 Å². The topological polar surface area (TPSA) is 55.5 Å². The van der Waals surface area contributed by atoms with Gasteiger partial charge in [-0.25, -0.2) is 0 Å². The first-order valence-corrected chi connectivity index (χ1v) is 4.34. The van der Waals surface area contributed by atoms with Crippen LogP contribution < -0.4 is 5.73 Å². The van der Waals surface area contributed by atoms with Crippen LogP contribution in [0.15, 0.2) is 0 Å². The van der Waals surface area contributed by atoms with E-state index in [4.69, 9.17) is 15.6 Å². The van der Waals surface area contributed by atoms with Crippen molar-refractivity contribution in [1.82, 2.24) is 0 Å². The van der Waals surface area contributed by atoms with Crippen LogP contribution >= 0.6 is 0 Å². The lowest BCUT2D eigenvalue weighted by Gasteiger charge is -2.28. The minimum atomic E-state index is -4.64. The van der Waals surface area contributed by atoms with E-state index in [-0.39, 0.29) is 6.54 Å². The van der Waals surface area contributed by atoms with E-state index in [1.807, 2.05) is 0 Å². The predicted molar refractivity (Wildman–Crippen MR) is 45.8 cm³/mol. The Kier molecular flexibility index (Phi) is 4.83. The summed E-state index contributed by atoms with van der Waals surface area (Å²) in [5.74, 6) is 0. The van der Waals surface area contributed by atoms with Gasteiger partial charge in [-0.05, 0) is 13.3 Å². The van der Waals surface area contributed by atoms with Crippen LogP contribution in [-0.2, 0) is 4.74 Å². The maximum atomic E-state index is 11.9. The Hall–Kier alpha value is -0.330. The predicted octanol–water partition coefficient (Wildman–Crippen LogP) is 1.05. The van der Waals surface area contributed by atoms with Crippen molar-refractivity contribution in [1.29, 1.82) is 0 Å². The molecule has 2 atom stereocenters. The molecule has 0 radical (unpaired) electrons. The number of rotatable bonds is 5. The van der Waals surface area contributed by atoms with Crippen LogP contribution in [0.4, 0.5) is 13.2 Å². The molecule has 0 heterocycles. The molecule has 0 aromatic heterocycles. The van der Waals surface area contributed by atoms with Crippen molar-refractivity contribution in [2.24, 2.45) is 5.73 Å². The molecule has 0 saturated heterocycles. The molecule has 0 rings (SSSR count). The number of halogens is 3. The van der Waals surface area contributed by atoms with Crippen LogP contribution in [0.3, 0.4) is 0 Å².